The molecule has 0 heterocycles. The Hall–Kier alpha value is -0.305. The number of allylic oxidation sites excluding steroid dienone is 4. The van der Waals surface area contributed by atoms with E-state index < -0.39 is 0 Å². The first-order valence-electron chi connectivity index (χ1n) is 8.04. The average molecular weight is 517 g/mol. The van der Waals surface area contributed by atoms with Crippen LogP contribution in [0.15, 0.2) is 41.4 Å². The van der Waals surface area contributed by atoms with Crippen LogP contribution < -0.4 is 12.4 Å². The summed E-state index contributed by atoms with van der Waals surface area (Å²) in [5.41, 5.74) is 3.82. The molecule has 0 aromatic carbocycles. The maximum absolute atomic E-state index is 12.3. The molecule has 2 fully saturated rings. The van der Waals surface area contributed by atoms with E-state index in [0.717, 1.165) is 31.3 Å². The molecule has 0 unspecified atom stereocenters. The first kappa shape index (κ1) is 19.0. The van der Waals surface area contributed by atoms with E-state index >= 15 is 0 Å². The molecule has 2 radical (unpaired) electrons. The fourth-order valence-electron chi connectivity index (χ4n) is 5.34. The Labute approximate surface area is 164 Å². The molecular formula is C19H21ClHgO2. The minimum atomic E-state index is -0.110. The SMILES string of the molecule is C[C@]12C=C=C([O])C=C1C=C[C@@H]1[C@@H]2CC[C@]2(C)C(=O)CC[C@@H]12.[Cl-].[Hg+]. The van der Waals surface area contributed by atoms with Gasteiger partial charge >= 0.3 is 27.7 Å². The van der Waals surface area contributed by atoms with Gasteiger partial charge in [-0.3, -0.25) is 9.90 Å². The Kier molecular flexibility index (Phi) is 5.13. The summed E-state index contributed by atoms with van der Waals surface area (Å²) in [4.78, 5) is 12.3. The molecule has 0 aromatic heterocycles. The number of fused-ring (bicyclic) bond motifs is 5. The van der Waals surface area contributed by atoms with Gasteiger partial charge in [0.05, 0.1) is 0 Å². The third kappa shape index (κ3) is 2.53. The summed E-state index contributed by atoms with van der Waals surface area (Å²) in [6.07, 6.45) is 12.0. The summed E-state index contributed by atoms with van der Waals surface area (Å²) in [7, 11) is 0. The van der Waals surface area contributed by atoms with Crippen LogP contribution in [0.1, 0.15) is 39.5 Å². The zero-order chi connectivity index (χ0) is 14.8. The molecule has 2 nitrogen and oxygen atoms in total. The molecule has 2 saturated carbocycles. The number of carbonyl (C=O) groups is 1. The van der Waals surface area contributed by atoms with Gasteiger partial charge in [0.25, 0.3) is 0 Å². The van der Waals surface area contributed by atoms with Crippen LogP contribution in [0, 0.1) is 28.6 Å². The minimum absolute atomic E-state index is 0. The second-order valence-electron chi connectivity index (χ2n) is 7.60. The van der Waals surface area contributed by atoms with Crippen molar-refractivity contribution in [1.29, 1.82) is 0 Å². The maximum Gasteiger partial charge on any atom is 1.00 e. The molecule has 0 aromatic rings. The van der Waals surface area contributed by atoms with Crippen molar-refractivity contribution in [3.05, 3.63) is 41.4 Å². The van der Waals surface area contributed by atoms with Crippen LogP contribution in [0.2, 0.25) is 0 Å². The molecule has 0 saturated heterocycles. The van der Waals surface area contributed by atoms with E-state index in [0.29, 0.717) is 23.5 Å². The molecule has 4 heteroatoms. The first-order chi connectivity index (χ1) is 9.95. The van der Waals surface area contributed by atoms with Crippen LogP contribution in [0.25, 0.3) is 0 Å². The third-order valence-corrected chi connectivity index (χ3v) is 6.73. The average Bonchev–Trinajstić information content (AvgIpc) is 2.76. The predicted octanol–water partition coefficient (Wildman–Crippen LogP) is 0.985. The van der Waals surface area contributed by atoms with E-state index in [9.17, 15) is 9.90 Å². The van der Waals surface area contributed by atoms with Crippen LogP contribution in [0.5, 0.6) is 0 Å². The van der Waals surface area contributed by atoms with Crippen molar-refractivity contribution in [2.45, 2.75) is 39.5 Å². The molecule has 0 aliphatic heterocycles. The minimum Gasteiger partial charge on any atom is -1.00 e. The van der Waals surface area contributed by atoms with Crippen LogP contribution in [0.4, 0.5) is 0 Å². The van der Waals surface area contributed by atoms with Gasteiger partial charge in [0.1, 0.15) is 5.78 Å². The molecule has 23 heavy (non-hydrogen) atoms. The number of ketones is 1. The molecule has 0 amide bonds. The molecule has 4 aliphatic rings. The number of hydrogen-bond acceptors (Lipinski definition) is 1. The number of carbonyl (C=O) groups excluding carboxylic acids is 1. The van der Waals surface area contributed by atoms with Crippen molar-refractivity contribution in [1.82, 2.24) is 0 Å². The second-order valence-corrected chi connectivity index (χ2v) is 7.60. The van der Waals surface area contributed by atoms with Gasteiger partial charge < -0.3 is 12.4 Å². The number of Topliss-reactive ketones (excluding diaryl/α,β-unsaturated/α-hetero) is 1. The van der Waals surface area contributed by atoms with Crippen LogP contribution in [0.3, 0.4) is 0 Å². The van der Waals surface area contributed by atoms with Crippen molar-refractivity contribution < 1.29 is 50.0 Å². The van der Waals surface area contributed by atoms with E-state index in [4.69, 9.17) is 0 Å². The molecule has 0 bridgehead atoms. The molecule has 0 N–H and O–H groups in total. The van der Waals surface area contributed by atoms with Crippen LogP contribution in [-0.4, -0.2) is 5.78 Å². The summed E-state index contributed by atoms with van der Waals surface area (Å²) in [5, 5.41) is 11.6. The number of rotatable bonds is 0. The van der Waals surface area contributed by atoms with Gasteiger partial charge in [-0.05, 0) is 54.7 Å². The maximum atomic E-state index is 12.3. The summed E-state index contributed by atoms with van der Waals surface area (Å²) >= 11 is 0. The largest absolute Gasteiger partial charge is 1.00 e. The van der Waals surface area contributed by atoms with Crippen molar-refractivity contribution >= 4 is 5.78 Å². The standard InChI is InChI=1S/C19H21O2.ClH.Hg/c1-18-9-7-13(20)11-12(18)3-4-14-15-5-6-17(21)19(15,2)10-8-16(14)18;;/h3-4,9,11,14-16H,5-6,8,10H2,1-2H3;1H;/q;;+1/p-1/t14-,15-,16-,18-,19-;;/m0../s1. The number of hydrogen-bond donors (Lipinski definition) is 0. The Morgan fingerprint density at radius 1 is 1.22 bits per heavy atom. The van der Waals surface area contributed by atoms with Crippen molar-refractivity contribution in [3.8, 4) is 0 Å². The van der Waals surface area contributed by atoms with E-state index in [1.54, 1.807) is 6.08 Å². The smallest absolute Gasteiger partial charge is 1.00 e. The zero-order valence-corrected chi connectivity index (χ0v) is 20.0. The van der Waals surface area contributed by atoms with Gasteiger partial charge in [-0.25, -0.2) is 0 Å². The zero-order valence-electron chi connectivity index (χ0n) is 13.8. The Morgan fingerprint density at radius 2 is 1.96 bits per heavy atom. The molecule has 0 spiro atoms. The van der Waals surface area contributed by atoms with Gasteiger partial charge in [-0.2, -0.15) is 0 Å². The summed E-state index contributed by atoms with van der Waals surface area (Å²) < 4.78 is 0. The summed E-state index contributed by atoms with van der Waals surface area (Å²) in [6.45, 7) is 4.41. The predicted molar refractivity (Wildman–Crippen MR) is 79.7 cm³/mol. The van der Waals surface area contributed by atoms with E-state index in [-0.39, 0.29) is 56.7 Å². The Morgan fingerprint density at radius 3 is 2.70 bits per heavy atom. The Bertz CT molecular complexity index is 658. The first-order valence-corrected chi connectivity index (χ1v) is 8.04. The van der Waals surface area contributed by atoms with Gasteiger partial charge in [0.2, 0.25) is 5.76 Å². The summed E-state index contributed by atoms with van der Waals surface area (Å²) in [6, 6.07) is 0. The van der Waals surface area contributed by atoms with Crippen LogP contribution >= 0.6 is 0 Å². The topological polar surface area (TPSA) is 37.0 Å². The fraction of sp³-hybridized carbons (Fsp3) is 0.579. The third-order valence-electron chi connectivity index (χ3n) is 6.73. The number of halogens is 1. The van der Waals surface area contributed by atoms with Crippen LogP contribution in [-0.2, 0) is 37.6 Å². The van der Waals surface area contributed by atoms with Crippen molar-refractivity contribution in [3.63, 3.8) is 0 Å². The molecule has 4 aliphatic carbocycles. The van der Waals surface area contributed by atoms with Crippen molar-refractivity contribution in [2.75, 3.05) is 0 Å². The monoisotopic (exact) mass is 518 g/mol. The van der Waals surface area contributed by atoms with Gasteiger partial charge in [0.15, 0.2) is 0 Å². The fourth-order valence-corrected chi connectivity index (χ4v) is 5.34. The second kappa shape index (κ2) is 6.21. The molecule has 5 atom stereocenters. The van der Waals surface area contributed by atoms with E-state index in [2.05, 4.69) is 31.7 Å². The molecular weight excluding hydrogens is 496 g/mol. The normalized spacial score (nSPS) is 43.2. The molecule has 118 valence electrons. The molecule has 4 rings (SSSR count). The van der Waals surface area contributed by atoms with E-state index in [1.807, 2.05) is 6.08 Å². The van der Waals surface area contributed by atoms with Crippen molar-refractivity contribution in [2.24, 2.45) is 28.6 Å². The van der Waals surface area contributed by atoms with E-state index in [1.165, 1.54) is 0 Å². The van der Waals surface area contributed by atoms with Gasteiger partial charge in [0, 0.05) is 17.3 Å². The Balaban J connectivity index is 0.000000960. The van der Waals surface area contributed by atoms with Gasteiger partial charge in [-0.15, -0.1) is 0 Å². The quantitative estimate of drug-likeness (QED) is 0.349. The summed E-state index contributed by atoms with van der Waals surface area (Å²) in [5.74, 6) is 1.88. The van der Waals surface area contributed by atoms with Gasteiger partial charge in [-0.1, -0.05) is 31.7 Å².